The van der Waals surface area contributed by atoms with E-state index in [0.717, 1.165) is 42.6 Å². The molecule has 8 heteroatoms. The van der Waals surface area contributed by atoms with Crippen molar-refractivity contribution in [2.24, 2.45) is 0 Å². The van der Waals surface area contributed by atoms with E-state index in [2.05, 4.69) is 15.2 Å². The van der Waals surface area contributed by atoms with Crippen molar-refractivity contribution in [2.45, 2.75) is 39.3 Å². The Kier molecular flexibility index (Phi) is 5.38. The number of piperidine rings is 1. The van der Waals surface area contributed by atoms with E-state index in [1.165, 1.54) is 17.4 Å². The molecule has 4 rings (SSSR count). The molecule has 0 aliphatic carbocycles. The van der Waals surface area contributed by atoms with Gasteiger partial charge >= 0.3 is 5.63 Å². The molecular weight excluding hydrogens is 390 g/mol. The molecule has 1 aliphatic heterocycles. The van der Waals surface area contributed by atoms with Gasteiger partial charge in [0.25, 0.3) is 5.91 Å². The van der Waals surface area contributed by atoms with Crippen LogP contribution in [0.4, 0.5) is 0 Å². The van der Waals surface area contributed by atoms with E-state index in [-0.39, 0.29) is 17.7 Å². The normalized spacial score (nSPS) is 15.7. The highest BCUT2D eigenvalue weighted by molar-refractivity contribution is 7.11. The summed E-state index contributed by atoms with van der Waals surface area (Å²) in [4.78, 5) is 31.5. The Morgan fingerprint density at radius 1 is 1.34 bits per heavy atom. The van der Waals surface area contributed by atoms with Crippen LogP contribution < -0.4 is 10.9 Å². The molecule has 0 spiro atoms. The van der Waals surface area contributed by atoms with E-state index in [0.29, 0.717) is 22.6 Å². The Hall–Kier alpha value is -2.71. The van der Waals surface area contributed by atoms with Crippen molar-refractivity contribution < 1.29 is 14.3 Å². The first kappa shape index (κ1) is 19.6. The lowest BCUT2D eigenvalue weighted by Gasteiger charge is -2.32. The summed E-state index contributed by atoms with van der Waals surface area (Å²) in [6.45, 7) is 5.86. The molecule has 0 saturated carbocycles. The zero-order valence-corrected chi connectivity index (χ0v) is 17.2. The summed E-state index contributed by atoms with van der Waals surface area (Å²) >= 11 is 1.36. The molecule has 1 aliphatic rings. The van der Waals surface area contributed by atoms with E-state index in [9.17, 15) is 14.7 Å². The first-order chi connectivity index (χ1) is 13.9. The van der Waals surface area contributed by atoms with Gasteiger partial charge in [-0.2, -0.15) is 0 Å². The Balaban J connectivity index is 1.43. The van der Waals surface area contributed by atoms with Crippen LogP contribution in [0.5, 0.6) is 5.75 Å². The number of aryl methyl sites for hydroxylation is 2. The number of carbonyl (C=O) groups excluding carboxylic acids is 1. The first-order valence-electron chi connectivity index (χ1n) is 9.61. The van der Waals surface area contributed by atoms with Gasteiger partial charge in [-0.25, -0.2) is 9.78 Å². The van der Waals surface area contributed by atoms with Crippen molar-refractivity contribution in [2.75, 3.05) is 13.1 Å². The van der Waals surface area contributed by atoms with Crippen molar-refractivity contribution >= 4 is 28.2 Å². The predicted octanol–water partition coefficient (Wildman–Crippen LogP) is 2.97. The number of nitrogens with one attached hydrogen (secondary N) is 1. The van der Waals surface area contributed by atoms with E-state index in [1.54, 1.807) is 24.6 Å². The van der Waals surface area contributed by atoms with Crippen LogP contribution in [0.2, 0.25) is 0 Å². The molecule has 2 aromatic heterocycles. The van der Waals surface area contributed by atoms with E-state index in [4.69, 9.17) is 4.42 Å². The molecular formula is C21H23N3O4S. The van der Waals surface area contributed by atoms with Crippen LogP contribution in [0.15, 0.2) is 32.9 Å². The maximum absolute atomic E-state index is 12.4. The highest BCUT2D eigenvalue weighted by Gasteiger charge is 2.23. The molecule has 0 atom stereocenters. The number of phenolic OH excluding ortho intramolecular Hbond substituents is 1. The number of nitrogens with zero attached hydrogens (tertiary/aromatic N) is 2. The lowest BCUT2D eigenvalue weighted by atomic mass is 10.0. The second kappa shape index (κ2) is 7.96. The Morgan fingerprint density at radius 3 is 2.79 bits per heavy atom. The number of phenols is 1. The molecule has 0 radical (unpaired) electrons. The molecule has 1 amide bonds. The number of benzene rings is 1. The molecule has 0 unspecified atom stereocenters. The predicted molar refractivity (Wildman–Crippen MR) is 112 cm³/mol. The molecule has 0 bridgehead atoms. The molecule has 2 N–H and O–H groups in total. The molecule has 3 aromatic rings. The number of carbonyl (C=O) groups is 1. The third kappa shape index (κ3) is 4.04. The summed E-state index contributed by atoms with van der Waals surface area (Å²) < 4.78 is 5.32. The van der Waals surface area contributed by atoms with Gasteiger partial charge in [-0.15, -0.1) is 11.3 Å². The maximum atomic E-state index is 12.4. The standard InChI is InChI=1S/C21H23N3O4S/c1-12-17(25)4-3-16-14(9-18(26)28-19(12)16)10-24-7-5-15(6-8-24)23-21(27)20-13(2)22-11-29-20/h3-4,9,11,15,25H,5-8,10H2,1-2H3,(H,23,27). The van der Waals surface area contributed by atoms with Crippen molar-refractivity contribution in [1.82, 2.24) is 15.2 Å². The number of hydrogen-bond donors (Lipinski definition) is 2. The summed E-state index contributed by atoms with van der Waals surface area (Å²) in [5, 5.41) is 13.9. The van der Waals surface area contributed by atoms with E-state index in [1.807, 2.05) is 6.92 Å². The molecule has 29 heavy (non-hydrogen) atoms. The summed E-state index contributed by atoms with van der Waals surface area (Å²) in [6, 6.07) is 5.08. The minimum atomic E-state index is -0.414. The minimum absolute atomic E-state index is 0.0506. The molecule has 152 valence electrons. The zero-order chi connectivity index (χ0) is 20.5. The van der Waals surface area contributed by atoms with Crippen molar-refractivity contribution in [3.8, 4) is 5.75 Å². The number of aromatic nitrogens is 1. The molecule has 1 saturated heterocycles. The highest BCUT2D eigenvalue weighted by Crippen LogP contribution is 2.28. The average Bonchev–Trinajstić information content (AvgIpc) is 3.12. The van der Waals surface area contributed by atoms with Crippen LogP contribution in [0.25, 0.3) is 11.0 Å². The Morgan fingerprint density at radius 2 is 2.10 bits per heavy atom. The Bertz CT molecular complexity index is 1110. The number of aromatic hydroxyl groups is 1. The van der Waals surface area contributed by atoms with Crippen molar-refractivity contribution in [1.29, 1.82) is 0 Å². The highest BCUT2D eigenvalue weighted by atomic mass is 32.1. The third-order valence-corrected chi connectivity index (χ3v) is 6.41. The van der Waals surface area contributed by atoms with Crippen molar-refractivity contribution in [3.05, 3.63) is 55.8 Å². The summed E-state index contributed by atoms with van der Waals surface area (Å²) in [7, 11) is 0. The van der Waals surface area contributed by atoms with Gasteiger partial charge in [0, 0.05) is 42.7 Å². The van der Waals surface area contributed by atoms with Crippen LogP contribution in [-0.2, 0) is 6.54 Å². The number of thiazole rings is 1. The number of likely N-dealkylation sites (tertiary alicyclic amines) is 1. The quantitative estimate of drug-likeness (QED) is 0.639. The number of hydrogen-bond acceptors (Lipinski definition) is 7. The van der Waals surface area contributed by atoms with Crippen LogP contribution in [-0.4, -0.2) is 40.0 Å². The fraction of sp³-hybridized carbons (Fsp3) is 0.381. The fourth-order valence-corrected chi connectivity index (χ4v) is 4.50. The van der Waals surface area contributed by atoms with Crippen LogP contribution in [0.3, 0.4) is 0 Å². The van der Waals surface area contributed by atoms with Gasteiger partial charge in [0.05, 0.1) is 11.2 Å². The second-order valence-electron chi connectivity index (χ2n) is 7.47. The van der Waals surface area contributed by atoms with Gasteiger partial charge in [-0.05, 0) is 44.4 Å². The lowest BCUT2D eigenvalue weighted by molar-refractivity contribution is 0.0912. The third-order valence-electron chi connectivity index (χ3n) is 5.49. The first-order valence-corrected chi connectivity index (χ1v) is 10.5. The minimum Gasteiger partial charge on any atom is -0.508 e. The van der Waals surface area contributed by atoms with Gasteiger partial charge in [0.15, 0.2) is 0 Å². The Labute approximate surface area is 172 Å². The van der Waals surface area contributed by atoms with Crippen molar-refractivity contribution in [3.63, 3.8) is 0 Å². The van der Waals surface area contributed by atoms with Gasteiger partial charge in [0.1, 0.15) is 16.2 Å². The largest absolute Gasteiger partial charge is 0.508 e. The monoisotopic (exact) mass is 413 g/mol. The fourth-order valence-electron chi connectivity index (χ4n) is 3.79. The zero-order valence-electron chi connectivity index (χ0n) is 16.4. The number of rotatable bonds is 4. The molecule has 3 heterocycles. The summed E-state index contributed by atoms with van der Waals surface area (Å²) in [5.41, 5.74) is 3.94. The summed E-state index contributed by atoms with van der Waals surface area (Å²) in [5.74, 6) is 0.0657. The summed E-state index contributed by atoms with van der Waals surface area (Å²) in [6.07, 6.45) is 1.70. The van der Waals surface area contributed by atoms with Gasteiger partial charge in [-0.1, -0.05) is 0 Å². The van der Waals surface area contributed by atoms with Gasteiger partial charge < -0.3 is 14.8 Å². The van der Waals surface area contributed by atoms with Crippen LogP contribution >= 0.6 is 11.3 Å². The number of fused-ring (bicyclic) bond motifs is 1. The van der Waals surface area contributed by atoms with Crippen LogP contribution in [0.1, 0.15) is 39.3 Å². The molecule has 1 aromatic carbocycles. The second-order valence-corrected chi connectivity index (χ2v) is 8.32. The maximum Gasteiger partial charge on any atom is 0.336 e. The average molecular weight is 413 g/mol. The molecule has 7 nitrogen and oxygen atoms in total. The van der Waals surface area contributed by atoms with Gasteiger partial charge in [0.2, 0.25) is 0 Å². The molecule has 1 fully saturated rings. The van der Waals surface area contributed by atoms with E-state index >= 15 is 0 Å². The topological polar surface area (TPSA) is 95.7 Å². The van der Waals surface area contributed by atoms with Gasteiger partial charge in [-0.3, -0.25) is 9.69 Å². The number of amides is 1. The SMILES string of the molecule is Cc1ncsc1C(=O)NC1CCN(Cc2cc(=O)oc3c(C)c(O)ccc23)CC1. The lowest BCUT2D eigenvalue weighted by Crippen LogP contribution is -2.44. The van der Waals surface area contributed by atoms with E-state index < -0.39 is 5.63 Å². The van der Waals surface area contributed by atoms with Crippen LogP contribution in [0, 0.1) is 13.8 Å². The smallest absolute Gasteiger partial charge is 0.336 e.